The van der Waals surface area contributed by atoms with Gasteiger partial charge in [-0.05, 0) is 6.08 Å². The van der Waals surface area contributed by atoms with Crippen LogP contribution in [0.5, 0.6) is 0 Å². The average Bonchev–Trinajstić information content (AvgIpc) is 3.20. The summed E-state index contributed by atoms with van der Waals surface area (Å²) in [5.74, 6) is -3.97. The molecule has 0 aromatic rings. The van der Waals surface area contributed by atoms with Crippen LogP contribution in [0, 0.1) is 0 Å². The summed E-state index contributed by atoms with van der Waals surface area (Å²) in [5, 5.41) is 63.3. The number of phosphoric acid groups is 1. The maximum absolute atomic E-state index is 12.8. The number of halogens is 1. The zero-order valence-electron chi connectivity index (χ0n) is 21.2. The molecule has 0 spiro atoms. The minimum Gasteiger partial charge on any atom is -0.394 e. The molecule has 18 nitrogen and oxygen atoms in total. The first-order valence-corrected chi connectivity index (χ1v) is 14.0. The number of carbonyl (C=O) groups excluding carboxylic acids is 2. The maximum Gasteiger partial charge on any atom is 0.475 e. The predicted octanol–water partition coefficient (Wildman–Crippen LogP) is -4.29. The molecule has 0 bridgehead atoms. The third-order valence-corrected chi connectivity index (χ3v) is 7.65. The van der Waals surface area contributed by atoms with Gasteiger partial charge in [-0.1, -0.05) is 6.58 Å². The van der Waals surface area contributed by atoms with Crippen molar-refractivity contribution < 1.29 is 68.2 Å². The van der Waals surface area contributed by atoms with Gasteiger partial charge in [0.1, 0.15) is 54.2 Å². The predicted molar refractivity (Wildman–Crippen MR) is 135 cm³/mol. The molecule has 3 heterocycles. The lowest BCUT2D eigenvalue weighted by atomic mass is 9.89. The molecule has 0 aromatic carbocycles. The second-order valence-corrected chi connectivity index (χ2v) is 11.0. The maximum atomic E-state index is 12.8. The molecular weight excluding hydrogens is 599 g/mol. The smallest absolute Gasteiger partial charge is 0.394 e. The lowest BCUT2D eigenvalue weighted by molar-refractivity contribution is -0.274. The molecule has 0 aliphatic carbocycles. The van der Waals surface area contributed by atoms with Gasteiger partial charge < -0.3 is 61.0 Å². The molecule has 3 aliphatic heterocycles. The second-order valence-electron chi connectivity index (χ2n) is 9.33. The molecule has 2 fully saturated rings. The van der Waals surface area contributed by atoms with Crippen LogP contribution in [-0.4, -0.2) is 138 Å². The van der Waals surface area contributed by atoms with Gasteiger partial charge in [0.2, 0.25) is 11.7 Å². The van der Waals surface area contributed by atoms with Crippen LogP contribution in [0.4, 0.5) is 0 Å². The van der Waals surface area contributed by atoms with Crippen LogP contribution in [0.2, 0.25) is 0 Å². The number of alkyl halides is 1. The Hall–Kier alpha value is -2.03. The Morgan fingerprint density at radius 3 is 2.66 bits per heavy atom. The summed E-state index contributed by atoms with van der Waals surface area (Å²) in [7, 11) is -5.31. The first kappa shape index (κ1) is 33.5. The first-order chi connectivity index (χ1) is 19.2. The van der Waals surface area contributed by atoms with E-state index >= 15 is 0 Å². The highest BCUT2D eigenvalue weighted by atomic mass is 35.5. The summed E-state index contributed by atoms with van der Waals surface area (Å²) in [6.07, 6.45) is -11.6. The SMILES string of the molecule is C=C1N=C(N)C=CN1C1OC(COP(=O)(O)O[C@@]2(C=O)C[C@@H](O)[C@@H](NC(=O)CCl)C([C@H](O)[C@H](O)CO)O2)[C@@H](O)[C@H]1O. The fourth-order valence-corrected chi connectivity index (χ4v) is 5.38. The average molecular weight is 631 g/mol. The van der Waals surface area contributed by atoms with Crippen LogP contribution in [0.15, 0.2) is 29.7 Å². The Labute approximate surface area is 237 Å². The van der Waals surface area contributed by atoms with Crippen molar-refractivity contribution in [2.45, 2.75) is 67.2 Å². The highest BCUT2D eigenvalue weighted by Gasteiger charge is 2.55. The minimum atomic E-state index is -5.31. The van der Waals surface area contributed by atoms with E-state index in [1.54, 1.807) is 0 Å². The highest BCUT2D eigenvalue weighted by molar-refractivity contribution is 7.47. The number of phosphoric ester groups is 1. The quantitative estimate of drug-likeness (QED) is 0.0560. The normalized spacial score (nSPS) is 36.8. The van der Waals surface area contributed by atoms with E-state index in [0.29, 0.717) is 0 Å². The highest BCUT2D eigenvalue weighted by Crippen LogP contribution is 2.50. The molecule has 2 saturated heterocycles. The molecule has 0 aromatic heterocycles. The molecule has 232 valence electrons. The van der Waals surface area contributed by atoms with Gasteiger partial charge in [0.15, 0.2) is 12.5 Å². The summed E-state index contributed by atoms with van der Waals surface area (Å²) in [6.45, 7) is 1.80. The molecule has 41 heavy (non-hydrogen) atoms. The lowest BCUT2D eigenvalue weighted by Gasteiger charge is -2.46. The van der Waals surface area contributed by atoms with Gasteiger partial charge in [-0.2, -0.15) is 0 Å². The molecule has 0 saturated carbocycles. The number of rotatable bonds is 12. The van der Waals surface area contributed by atoms with Crippen LogP contribution >= 0.6 is 19.4 Å². The topological polar surface area (TPSA) is 283 Å². The summed E-state index contributed by atoms with van der Waals surface area (Å²) in [5.41, 5.74) is 5.58. The number of nitrogens with two attached hydrogens (primary N) is 1. The van der Waals surface area contributed by atoms with Crippen LogP contribution in [0.3, 0.4) is 0 Å². The zero-order valence-corrected chi connectivity index (χ0v) is 22.9. The summed E-state index contributed by atoms with van der Waals surface area (Å²) in [4.78, 5) is 39.4. The summed E-state index contributed by atoms with van der Waals surface area (Å²) in [6, 6.07) is -1.51. The van der Waals surface area contributed by atoms with Gasteiger partial charge in [0.25, 0.3) is 0 Å². The largest absolute Gasteiger partial charge is 0.475 e. The minimum absolute atomic E-state index is 0.0727. The molecule has 3 rings (SSSR count). The fourth-order valence-electron chi connectivity index (χ4n) is 4.36. The lowest BCUT2D eigenvalue weighted by Crippen LogP contribution is -2.66. The second kappa shape index (κ2) is 13.5. The van der Waals surface area contributed by atoms with E-state index in [-0.39, 0.29) is 17.9 Å². The number of amides is 1. The van der Waals surface area contributed by atoms with Crippen molar-refractivity contribution in [3.8, 4) is 0 Å². The van der Waals surface area contributed by atoms with Gasteiger partial charge in [0.05, 0.1) is 25.4 Å². The van der Waals surface area contributed by atoms with E-state index in [0.717, 1.165) is 0 Å². The van der Waals surface area contributed by atoms with Crippen molar-refractivity contribution in [3.63, 3.8) is 0 Å². The summed E-state index contributed by atoms with van der Waals surface area (Å²) < 4.78 is 33.6. The van der Waals surface area contributed by atoms with E-state index in [1.807, 2.05) is 0 Å². The van der Waals surface area contributed by atoms with E-state index < -0.39 is 100 Å². The Morgan fingerprint density at radius 1 is 1.39 bits per heavy atom. The molecule has 20 heteroatoms. The number of aldehydes is 1. The monoisotopic (exact) mass is 630 g/mol. The Morgan fingerprint density at radius 2 is 2.07 bits per heavy atom. The number of hydrogen-bond donors (Lipinski definition) is 9. The van der Waals surface area contributed by atoms with Crippen LogP contribution < -0.4 is 11.1 Å². The third kappa shape index (κ3) is 7.68. The van der Waals surface area contributed by atoms with E-state index in [2.05, 4.69) is 16.9 Å². The van der Waals surface area contributed by atoms with Crippen molar-refractivity contribution in [2.24, 2.45) is 10.7 Å². The van der Waals surface area contributed by atoms with Crippen molar-refractivity contribution >= 4 is 37.5 Å². The van der Waals surface area contributed by atoms with Gasteiger partial charge in [-0.25, -0.2) is 14.1 Å². The standard InChI is InChI=1S/C21H32ClN4O14P/c1-9-24-13(23)2-3-26(9)20-18(34)17(33)12(38-20)7-37-41(35,36)40-21(8-28)4-10(29)15(25-14(31)5-22)19(39-21)16(32)11(30)6-27/h2-3,8,10-12,15-20,27,29-30,32-34H,1,4-7H2,(H2,23,24)(H,25,31)(H,35,36)/t10-,11-,12?,15-,16-,17-,18-,19?,20?,21-/m1/s1. The van der Waals surface area contributed by atoms with Crippen molar-refractivity contribution in [3.05, 3.63) is 24.7 Å². The molecular formula is C21H32ClN4O14P. The van der Waals surface area contributed by atoms with Gasteiger partial charge in [0, 0.05) is 12.6 Å². The van der Waals surface area contributed by atoms with Crippen molar-refractivity contribution in [1.82, 2.24) is 10.2 Å². The van der Waals surface area contributed by atoms with Crippen LogP contribution in [0.25, 0.3) is 0 Å². The van der Waals surface area contributed by atoms with Crippen molar-refractivity contribution in [2.75, 3.05) is 19.1 Å². The molecule has 0 radical (unpaired) electrons. The number of nitrogens with zero attached hydrogens (tertiary/aromatic N) is 2. The number of aliphatic hydroxyl groups is 6. The van der Waals surface area contributed by atoms with E-state index in [4.69, 9.17) is 35.9 Å². The van der Waals surface area contributed by atoms with E-state index in [9.17, 15) is 49.7 Å². The fraction of sp³-hybridized carbons (Fsp3) is 0.667. The number of amidine groups is 1. The number of aliphatic imine (C=N–C) groups is 1. The Kier molecular flexibility index (Phi) is 11.0. The van der Waals surface area contributed by atoms with Gasteiger partial charge >= 0.3 is 7.82 Å². The third-order valence-electron chi connectivity index (χ3n) is 6.39. The molecule has 4 unspecified atom stereocenters. The van der Waals surface area contributed by atoms with Crippen molar-refractivity contribution in [1.29, 1.82) is 0 Å². The molecule has 11 atom stereocenters. The number of carbonyl (C=O) groups is 2. The Bertz CT molecular complexity index is 1100. The number of ether oxygens (including phenoxy) is 2. The molecule has 3 aliphatic rings. The Balaban J connectivity index is 1.72. The summed E-state index contributed by atoms with van der Waals surface area (Å²) >= 11 is 5.46. The van der Waals surface area contributed by atoms with Crippen LogP contribution in [0.1, 0.15) is 6.42 Å². The van der Waals surface area contributed by atoms with E-state index in [1.165, 1.54) is 17.2 Å². The van der Waals surface area contributed by atoms with Gasteiger partial charge in [-0.3, -0.25) is 14.1 Å². The van der Waals surface area contributed by atoms with Crippen LogP contribution in [-0.2, 0) is 32.7 Å². The molecule has 1 amide bonds. The first-order valence-electron chi connectivity index (χ1n) is 12.0. The number of aliphatic hydroxyl groups excluding tert-OH is 6. The van der Waals surface area contributed by atoms with Gasteiger partial charge in [-0.15, -0.1) is 11.6 Å². The number of hydrogen-bond acceptors (Lipinski definition) is 16. The zero-order chi connectivity index (χ0) is 30.7. The number of nitrogens with one attached hydrogen (secondary N) is 1. The molecule has 10 N–H and O–H groups in total.